The average molecular weight is 376 g/mol. The molecule has 0 aliphatic rings. The van der Waals surface area contributed by atoms with Crippen LogP contribution in [0.5, 0.6) is 0 Å². The third-order valence-electron chi connectivity index (χ3n) is 4.12. The van der Waals surface area contributed by atoms with Crippen molar-refractivity contribution in [2.45, 2.75) is 26.2 Å². The van der Waals surface area contributed by atoms with Crippen LogP contribution in [0, 0.1) is 10.1 Å². The summed E-state index contributed by atoms with van der Waals surface area (Å²) in [7, 11) is 0. The number of nitrogens with zero attached hydrogens (tertiary/aromatic N) is 1. The zero-order chi connectivity index (χ0) is 19.3. The predicted octanol–water partition coefficient (Wildman–Crippen LogP) is 4.80. The number of nitro benzene ring substituents is 1. The second kappa shape index (κ2) is 8.58. The average Bonchev–Trinajstić information content (AvgIpc) is 2.64. The van der Waals surface area contributed by atoms with Gasteiger partial charge in [0.25, 0.3) is 5.69 Å². The Balaban J connectivity index is 2.06. The van der Waals surface area contributed by atoms with E-state index in [0.717, 1.165) is 24.1 Å². The number of ether oxygens (including phenoxy) is 1. The molecule has 0 fully saturated rings. The summed E-state index contributed by atoms with van der Waals surface area (Å²) in [5.41, 5.74) is 0.813. The lowest BCUT2D eigenvalue weighted by molar-refractivity contribution is -0.385. The van der Waals surface area contributed by atoms with Gasteiger partial charge in [-0.25, -0.2) is 4.79 Å². The number of hydrogen-bond acceptors (Lipinski definition) is 5. The van der Waals surface area contributed by atoms with E-state index in [1.165, 1.54) is 6.07 Å². The van der Waals surface area contributed by atoms with Gasteiger partial charge in [0.1, 0.15) is 5.56 Å². The second-order valence-electron chi connectivity index (χ2n) is 5.85. The number of rotatable bonds is 7. The van der Waals surface area contributed by atoms with Crippen molar-refractivity contribution in [2.75, 3.05) is 6.61 Å². The predicted molar refractivity (Wildman–Crippen MR) is 97.9 cm³/mol. The molecular formula is C19H18ClNO5. The van der Waals surface area contributed by atoms with Gasteiger partial charge in [-0.3, -0.25) is 14.9 Å². The van der Waals surface area contributed by atoms with Gasteiger partial charge in [0.05, 0.1) is 4.92 Å². The summed E-state index contributed by atoms with van der Waals surface area (Å²) in [5.74, 6) is -0.970. The van der Waals surface area contributed by atoms with Gasteiger partial charge in [0, 0.05) is 16.7 Å². The first-order valence-electron chi connectivity index (χ1n) is 8.07. The first-order chi connectivity index (χ1) is 12.3. The van der Waals surface area contributed by atoms with Gasteiger partial charge in [-0.2, -0.15) is 0 Å². The molecule has 26 heavy (non-hydrogen) atoms. The lowest BCUT2D eigenvalue weighted by Crippen LogP contribution is -2.15. The first-order valence-corrected chi connectivity index (χ1v) is 8.45. The van der Waals surface area contributed by atoms with Crippen LogP contribution in [0.3, 0.4) is 0 Å². The van der Waals surface area contributed by atoms with Crippen molar-refractivity contribution in [3.8, 4) is 0 Å². The number of carbonyl (C=O) groups is 2. The van der Waals surface area contributed by atoms with Crippen LogP contribution in [0.2, 0.25) is 5.02 Å². The molecule has 0 bridgehead atoms. The molecule has 1 atom stereocenters. The van der Waals surface area contributed by atoms with E-state index in [4.69, 9.17) is 16.3 Å². The number of Topliss-reactive ketones (excluding diaryl/α,β-unsaturated/α-hetero) is 1. The van der Waals surface area contributed by atoms with E-state index >= 15 is 0 Å². The molecule has 0 aliphatic heterocycles. The highest BCUT2D eigenvalue weighted by Gasteiger charge is 2.22. The van der Waals surface area contributed by atoms with E-state index in [0.29, 0.717) is 11.5 Å². The monoisotopic (exact) mass is 375 g/mol. The molecule has 0 aliphatic carbocycles. The molecule has 6 nitrogen and oxygen atoms in total. The zero-order valence-electron chi connectivity index (χ0n) is 14.4. The van der Waals surface area contributed by atoms with Crippen LogP contribution >= 0.6 is 11.6 Å². The molecule has 7 heteroatoms. The molecule has 0 radical (unpaired) electrons. The van der Waals surface area contributed by atoms with E-state index in [1.807, 2.05) is 12.1 Å². The third-order valence-corrected chi connectivity index (χ3v) is 4.36. The number of benzene rings is 2. The van der Waals surface area contributed by atoms with Crippen molar-refractivity contribution in [1.29, 1.82) is 0 Å². The van der Waals surface area contributed by atoms with Crippen LogP contribution in [-0.4, -0.2) is 23.3 Å². The van der Waals surface area contributed by atoms with E-state index in [2.05, 4.69) is 13.8 Å². The maximum absolute atomic E-state index is 12.2. The molecule has 0 saturated carbocycles. The van der Waals surface area contributed by atoms with E-state index < -0.39 is 29.0 Å². The lowest BCUT2D eigenvalue weighted by atomic mass is 9.97. The van der Waals surface area contributed by atoms with Gasteiger partial charge in [0.15, 0.2) is 12.4 Å². The zero-order valence-corrected chi connectivity index (χ0v) is 15.2. The highest BCUT2D eigenvalue weighted by molar-refractivity contribution is 6.31. The Morgan fingerprint density at radius 1 is 1.19 bits per heavy atom. The van der Waals surface area contributed by atoms with Crippen molar-refractivity contribution in [2.24, 2.45) is 0 Å². The van der Waals surface area contributed by atoms with Crippen LogP contribution in [0.1, 0.15) is 52.5 Å². The highest BCUT2D eigenvalue weighted by Crippen LogP contribution is 2.24. The minimum Gasteiger partial charge on any atom is -0.454 e. The number of hydrogen-bond donors (Lipinski definition) is 0. The maximum atomic E-state index is 12.2. The summed E-state index contributed by atoms with van der Waals surface area (Å²) < 4.78 is 4.94. The summed E-state index contributed by atoms with van der Waals surface area (Å²) in [6.45, 7) is 3.67. The van der Waals surface area contributed by atoms with Crippen LogP contribution in [0.25, 0.3) is 0 Å². The SMILES string of the molecule is CC[C@@H](C)c1ccc(C(=O)COC(=O)c2cc(Cl)ccc2[N+](=O)[O-])cc1. The molecule has 0 amide bonds. The summed E-state index contributed by atoms with van der Waals surface area (Å²) in [6, 6.07) is 10.7. The summed E-state index contributed by atoms with van der Waals surface area (Å²) in [4.78, 5) is 34.6. The number of carbonyl (C=O) groups excluding carboxylic acids is 2. The lowest BCUT2D eigenvalue weighted by Gasteiger charge is -2.09. The molecule has 2 aromatic carbocycles. The first kappa shape index (κ1) is 19.6. The highest BCUT2D eigenvalue weighted by atomic mass is 35.5. The number of ketones is 1. The summed E-state index contributed by atoms with van der Waals surface area (Å²) in [5, 5.41) is 11.2. The molecule has 0 saturated heterocycles. The van der Waals surface area contributed by atoms with E-state index in [1.54, 1.807) is 12.1 Å². The van der Waals surface area contributed by atoms with E-state index in [-0.39, 0.29) is 10.6 Å². The Hall–Kier alpha value is -2.73. The fraction of sp³-hybridized carbons (Fsp3) is 0.263. The minimum absolute atomic E-state index is 0.162. The molecule has 0 aromatic heterocycles. The molecule has 0 unspecified atom stereocenters. The fourth-order valence-electron chi connectivity index (χ4n) is 2.36. The van der Waals surface area contributed by atoms with Crippen LogP contribution < -0.4 is 0 Å². The largest absolute Gasteiger partial charge is 0.454 e. The third kappa shape index (κ3) is 4.67. The van der Waals surface area contributed by atoms with Gasteiger partial charge in [0.2, 0.25) is 0 Å². The molecule has 2 aromatic rings. The molecule has 0 heterocycles. The van der Waals surface area contributed by atoms with Gasteiger partial charge >= 0.3 is 5.97 Å². The van der Waals surface area contributed by atoms with Crippen molar-refractivity contribution in [3.05, 3.63) is 74.3 Å². The Morgan fingerprint density at radius 3 is 2.42 bits per heavy atom. The topological polar surface area (TPSA) is 86.5 Å². The Bertz CT molecular complexity index is 832. The fourth-order valence-corrected chi connectivity index (χ4v) is 2.53. The maximum Gasteiger partial charge on any atom is 0.345 e. The Labute approximate surface area is 155 Å². The molecular weight excluding hydrogens is 358 g/mol. The summed E-state index contributed by atoms with van der Waals surface area (Å²) >= 11 is 5.78. The second-order valence-corrected chi connectivity index (χ2v) is 6.29. The number of nitro groups is 1. The Morgan fingerprint density at radius 2 is 1.85 bits per heavy atom. The van der Waals surface area contributed by atoms with Gasteiger partial charge in [-0.05, 0) is 30.0 Å². The Kier molecular flexibility index (Phi) is 6.46. The normalized spacial score (nSPS) is 11.7. The minimum atomic E-state index is -0.969. The molecule has 0 spiro atoms. The smallest absolute Gasteiger partial charge is 0.345 e. The van der Waals surface area contributed by atoms with Crippen LogP contribution in [0.15, 0.2) is 42.5 Å². The van der Waals surface area contributed by atoms with Crippen molar-refractivity contribution in [3.63, 3.8) is 0 Å². The number of halogens is 1. The van der Waals surface area contributed by atoms with Gasteiger partial charge in [-0.1, -0.05) is 49.7 Å². The summed E-state index contributed by atoms with van der Waals surface area (Å²) in [6.07, 6.45) is 0.989. The number of esters is 1. The van der Waals surface area contributed by atoms with Gasteiger partial charge in [-0.15, -0.1) is 0 Å². The van der Waals surface area contributed by atoms with Crippen LogP contribution in [0.4, 0.5) is 5.69 Å². The molecule has 136 valence electrons. The van der Waals surface area contributed by atoms with E-state index in [9.17, 15) is 19.7 Å². The quantitative estimate of drug-likeness (QED) is 0.300. The molecule has 2 rings (SSSR count). The van der Waals surface area contributed by atoms with Crippen molar-refractivity contribution < 1.29 is 19.2 Å². The van der Waals surface area contributed by atoms with Crippen molar-refractivity contribution in [1.82, 2.24) is 0 Å². The van der Waals surface area contributed by atoms with Crippen molar-refractivity contribution >= 4 is 29.0 Å². The van der Waals surface area contributed by atoms with Crippen LogP contribution in [-0.2, 0) is 4.74 Å². The molecule has 0 N–H and O–H groups in total. The van der Waals surface area contributed by atoms with Gasteiger partial charge < -0.3 is 4.74 Å². The standard InChI is InChI=1S/C19H18ClNO5/c1-3-12(2)13-4-6-14(7-5-13)18(22)11-26-19(23)16-10-15(20)8-9-17(16)21(24)25/h4-10,12H,3,11H2,1-2H3/t12-/m1/s1.